The van der Waals surface area contributed by atoms with Crippen molar-refractivity contribution in [1.29, 1.82) is 0 Å². The summed E-state index contributed by atoms with van der Waals surface area (Å²) < 4.78 is 7.52. The Bertz CT molecular complexity index is 1140. The van der Waals surface area contributed by atoms with Gasteiger partial charge in [0.25, 0.3) is 0 Å². The third-order valence-corrected chi connectivity index (χ3v) is 4.75. The number of rotatable bonds is 7. The molecule has 6 nitrogen and oxygen atoms in total. The van der Waals surface area contributed by atoms with Crippen LogP contribution in [0.2, 0.25) is 0 Å². The van der Waals surface area contributed by atoms with Gasteiger partial charge in [0.05, 0.1) is 11.0 Å². The molecule has 1 unspecified atom stereocenters. The zero-order valence-electron chi connectivity index (χ0n) is 16.7. The average molecular weight is 401 g/mol. The number of carbonyl (C=O) groups is 1. The molecule has 1 atom stereocenters. The van der Waals surface area contributed by atoms with Crippen LogP contribution in [0.5, 0.6) is 5.75 Å². The van der Waals surface area contributed by atoms with E-state index in [0.717, 1.165) is 22.3 Å². The summed E-state index contributed by atoms with van der Waals surface area (Å²) in [5.74, 6) is 1.00. The van der Waals surface area contributed by atoms with Crippen molar-refractivity contribution in [3.63, 3.8) is 0 Å². The number of nitrogens with one attached hydrogen (secondary N) is 1. The Balaban J connectivity index is 1.41. The molecule has 0 aliphatic rings. The van der Waals surface area contributed by atoms with Gasteiger partial charge in [-0.05, 0) is 48.9 Å². The second-order valence-electron chi connectivity index (χ2n) is 7.07. The van der Waals surface area contributed by atoms with Crippen LogP contribution in [0.4, 0.5) is 5.69 Å². The summed E-state index contributed by atoms with van der Waals surface area (Å²) in [5.41, 5.74) is 3.33. The molecule has 0 aliphatic heterocycles. The SMILES string of the molecule is CC(O)c1nc2ccccc2n1CC(=O)Nc1ccc(OCc2ccccc2)cc1. The highest BCUT2D eigenvalue weighted by molar-refractivity contribution is 5.91. The normalized spacial score (nSPS) is 11.9. The quantitative estimate of drug-likeness (QED) is 0.484. The number of anilines is 1. The number of amides is 1. The van der Waals surface area contributed by atoms with Gasteiger partial charge in [0, 0.05) is 5.69 Å². The number of aliphatic hydroxyl groups excluding tert-OH is 1. The molecule has 30 heavy (non-hydrogen) atoms. The highest BCUT2D eigenvalue weighted by Gasteiger charge is 2.17. The monoisotopic (exact) mass is 401 g/mol. The van der Waals surface area contributed by atoms with Gasteiger partial charge in [-0.3, -0.25) is 4.79 Å². The zero-order chi connectivity index (χ0) is 20.9. The maximum atomic E-state index is 12.6. The summed E-state index contributed by atoms with van der Waals surface area (Å²) in [6, 6.07) is 24.7. The van der Waals surface area contributed by atoms with Crippen LogP contribution in [0.25, 0.3) is 11.0 Å². The van der Waals surface area contributed by atoms with Crippen molar-refractivity contribution in [3.05, 3.63) is 90.3 Å². The van der Waals surface area contributed by atoms with Gasteiger partial charge in [0.1, 0.15) is 30.8 Å². The van der Waals surface area contributed by atoms with Gasteiger partial charge in [0.2, 0.25) is 5.91 Å². The zero-order valence-corrected chi connectivity index (χ0v) is 16.7. The molecule has 0 fully saturated rings. The number of para-hydroxylation sites is 2. The number of benzene rings is 3. The Labute approximate surface area is 174 Å². The molecular weight excluding hydrogens is 378 g/mol. The molecule has 6 heteroatoms. The summed E-state index contributed by atoms with van der Waals surface area (Å²) in [5, 5.41) is 12.9. The fourth-order valence-electron chi connectivity index (χ4n) is 3.30. The van der Waals surface area contributed by atoms with Gasteiger partial charge in [-0.15, -0.1) is 0 Å². The molecule has 0 saturated heterocycles. The number of ether oxygens (including phenoxy) is 1. The molecule has 152 valence electrons. The van der Waals surface area contributed by atoms with E-state index in [1.807, 2.05) is 66.7 Å². The van der Waals surface area contributed by atoms with Crippen LogP contribution in [-0.2, 0) is 17.9 Å². The van der Waals surface area contributed by atoms with E-state index in [-0.39, 0.29) is 12.5 Å². The lowest BCUT2D eigenvalue weighted by molar-refractivity contribution is -0.116. The third-order valence-electron chi connectivity index (χ3n) is 4.75. The maximum Gasteiger partial charge on any atom is 0.244 e. The van der Waals surface area contributed by atoms with Crippen LogP contribution < -0.4 is 10.1 Å². The fraction of sp³-hybridized carbons (Fsp3) is 0.167. The van der Waals surface area contributed by atoms with Crippen LogP contribution >= 0.6 is 0 Å². The lowest BCUT2D eigenvalue weighted by Crippen LogP contribution is -2.20. The molecule has 4 rings (SSSR count). The summed E-state index contributed by atoms with van der Waals surface area (Å²) in [6.45, 7) is 2.19. The first-order valence-electron chi connectivity index (χ1n) is 9.80. The number of carbonyl (C=O) groups excluding carboxylic acids is 1. The number of aromatic nitrogens is 2. The summed E-state index contributed by atoms with van der Waals surface area (Å²) in [6.07, 6.45) is -0.772. The second kappa shape index (κ2) is 8.80. The van der Waals surface area contributed by atoms with Crippen molar-refractivity contribution in [3.8, 4) is 5.75 Å². The molecular formula is C24H23N3O3. The van der Waals surface area contributed by atoms with Gasteiger partial charge in [-0.25, -0.2) is 4.98 Å². The van der Waals surface area contributed by atoms with Crippen molar-refractivity contribution in [2.45, 2.75) is 26.2 Å². The Morgan fingerprint density at radius 2 is 1.73 bits per heavy atom. The predicted octanol–water partition coefficient (Wildman–Crippen LogP) is 4.31. The molecule has 3 aromatic carbocycles. The highest BCUT2D eigenvalue weighted by Crippen LogP contribution is 2.21. The number of hydrogen-bond donors (Lipinski definition) is 2. The lowest BCUT2D eigenvalue weighted by atomic mass is 10.2. The van der Waals surface area contributed by atoms with Crippen LogP contribution in [-0.4, -0.2) is 20.6 Å². The van der Waals surface area contributed by atoms with Crippen molar-refractivity contribution >= 4 is 22.6 Å². The smallest absolute Gasteiger partial charge is 0.244 e. The minimum Gasteiger partial charge on any atom is -0.489 e. The highest BCUT2D eigenvalue weighted by atomic mass is 16.5. The lowest BCUT2D eigenvalue weighted by Gasteiger charge is -2.12. The maximum absolute atomic E-state index is 12.6. The molecule has 0 saturated carbocycles. The number of imidazole rings is 1. The number of fused-ring (bicyclic) bond motifs is 1. The first-order valence-corrected chi connectivity index (χ1v) is 9.80. The molecule has 0 radical (unpaired) electrons. The predicted molar refractivity (Wildman–Crippen MR) is 116 cm³/mol. The minimum absolute atomic E-state index is 0.0625. The summed E-state index contributed by atoms with van der Waals surface area (Å²) >= 11 is 0. The first-order chi connectivity index (χ1) is 14.6. The van der Waals surface area contributed by atoms with Crippen LogP contribution in [0.1, 0.15) is 24.4 Å². The molecule has 4 aromatic rings. The van der Waals surface area contributed by atoms with Crippen molar-refractivity contribution in [2.75, 3.05) is 5.32 Å². The van der Waals surface area contributed by atoms with Crippen molar-refractivity contribution in [2.24, 2.45) is 0 Å². The standard InChI is InChI=1S/C24H23N3O3/c1-17(28)24-26-21-9-5-6-10-22(21)27(24)15-23(29)25-19-11-13-20(14-12-19)30-16-18-7-3-2-4-8-18/h2-14,17,28H,15-16H2,1H3,(H,25,29). The average Bonchev–Trinajstić information content (AvgIpc) is 3.13. The Hall–Kier alpha value is -3.64. The van der Waals surface area contributed by atoms with Crippen LogP contribution in [0, 0.1) is 0 Å². The topological polar surface area (TPSA) is 76.4 Å². The van der Waals surface area contributed by atoms with E-state index < -0.39 is 6.10 Å². The second-order valence-corrected chi connectivity index (χ2v) is 7.07. The Kier molecular flexibility index (Phi) is 5.77. The summed E-state index contributed by atoms with van der Waals surface area (Å²) in [4.78, 5) is 17.1. The van der Waals surface area contributed by atoms with E-state index in [0.29, 0.717) is 18.1 Å². The van der Waals surface area contributed by atoms with Crippen molar-refractivity contribution < 1.29 is 14.6 Å². The van der Waals surface area contributed by atoms with E-state index >= 15 is 0 Å². The Morgan fingerprint density at radius 3 is 2.47 bits per heavy atom. The number of nitrogens with zero attached hydrogens (tertiary/aromatic N) is 2. The molecule has 0 aliphatic carbocycles. The fourth-order valence-corrected chi connectivity index (χ4v) is 3.30. The van der Waals surface area contributed by atoms with Crippen LogP contribution in [0.15, 0.2) is 78.9 Å². The van der Waals surface area contributed by atoms with E-state index in [4.69, 9.17) is 4.74 Å². The first kappa shape index (κ1) is 19.7. The largest absolute Gasteiger partial charge is 0.489 e. The number of aliphatic hydroxyl groups is 1. The molecule has 1 aromatic heterocycles. The van der Waals surface area contributed by atoms with Gasteiger partial charge in [0.15, 0.2) is 0 Å². The molecule has 1 amide bonds. The van der Waals surface area contributed by atoms with Gasteiger partial charge < -0.3 is 19.7 Å². The van der Waals surface area contributed by atoms with Crippen molar-refractivity contribution in [1.82, 2.24) is 9.55 Å². The van der Waals surface area contributed by atoms with Gasteiger partial charge in [-0.2, -0.15) is 0 Å². The minimum atomic E-state index is -0.772. The van der Waals surface area contributed by atoms with Gasteiger partial charge >= 0.3 is 0 Å². The van der Waals surface area contributed by atoms with E-state index in [1.54, 1.807) is 23.6 Å². The third kappa shape index (κ3) is 4.50. The van der Waals surface area contributed by atoms with E-state index in [9.17, 15) is 9.90 Å². The van der Waals surface area contributed by atoms with Gasteiger partial charge in [-0.1, -0.05) is 42.5 Å². The molecule has 0 bridgehead atoms. The Morgan fingerprint density at radius 1 is 1.03 bits per heavy atom. The van der Waals surface area contributed by atoms with E-state index in [2.05, 4.69) is 10.3 Å². The molecule has 2 N–H and O–H groups in total. The molecule has 1 heterocycles. The molecule has 0 spiro atoms. The van der Waals surface area contributed by atoms with Crippen LogP contribution in [0.3, 0.4) is 0 Å². The van der Waals surface area contributed by atoms with E-state index in [1.165, 1.54) is 0 Å². The number of hydrogen-bond acceptors (Lipinski definition) is 4. The summed E-state index contributed by atoms with van der Waals surface area (Å²) in [7, 11) is 0.